The Morgan fingerprint density at radius 1 is 1.21 bits per heavy atom. The first-order chi connectivity index (χ1) is 6.31. The molecule has 0 aliphatic rings. The number of carbonyl (C=O) groups excluding carboxylic acids is 1. The molecule has 0 fully saturated rings. The second-order valence-corrected chi connectivity index (χ2v) is 6.48. The number of Topliss-reactive ketones (excluding diaryl/α,β-unsaturated/α-hetero) is 1. The average molecular weight is 220 g/mol. The molecule has 0 aromatic rings. The summed E-state index contributed by atoms with van der Waals surface area (Å²) in [4.78, 5) is 11.2. The van der Waals surface area contributed by atoms with Crippen molar-refractivity contribution in [1.29, 1.82) is 0 Å². The largest absolute Gasteiger partial charge is 0.300 e. The van der Waals surface area contributed by atoms with Crippen LogP contribution in [0.25, 0.3) is 0 Å². The highest BCUT2D eigenvalue weighted by Crippen LogP contribution is 2.06. The van der Waals surface area contributed by atoms with Crippen molar-refractivity contribution >= 4 is 15.6 Å². The summed E-state index contributed by atoms with van der Waals surface area (Å²) in [6, 6.07) is 0. The van der Waals surface area contributed by atoms with Gasteiger partial charge in [0.2, 0.25) is 0 Å². The Bertz CT molecular complexity index is 265. The number of unbranched alkanes of at least 4 members (excludes halogenated alkanes) is 1. The van der Waals surface area contributed by atoms with Crippen LogP contribution < -0.4 is 0 Å². The Morgan fingerprint density at radius 3 is 2.21 bits per heavy atom. The lowest BCUT2D eigenvalue weighted by molar-refractivity contribution is -0.119. The molecule has 0 bridgehead atoms. The van der Waals surface area contributed by atoms with Crippen molar-refractivity contribution in [2.45, 2.75) is 39.5 Å². The highest BCUT2D eigenvalue weighted by molar-refractivity contribution is 7.90. The van der Waals surface area contributed by atoms with Crippen molar-refractivity contribution in [3.05, 3.63) is 0 Å². The van der Waals surface area contributed by atoms with Gasteiger partial charge in [-0.05, 0) is 18.8 Å². The fourth-order valence-electron chi connectivity index (χ4n) is 1.24. The van der Waals surface area contributed by atoms with Crippen molar-refractivity contribution in [2.24, 2.45) is 5.92 Å². The van der Waals surface area contributed by atoms with Crippen molar-refractivity contribution in [3.63, 3.8) is 0 Å². The molecule has 0 aliphatic heterocycles. The zero-order valence-electron chi connectivity index (χ0n) is 9.25. The standard InChI is InChI=1S/C10H20O3S/c1-9(2)8-10(11)6-4-5-7-14(3,12)13/h9H,4-8H2,1-3H3. The van der Waals surface area contributed by atoms with Crippen molar-refractivity contribution in [1.82, 2.24) is 0 Å². The molecular weight excluding hydrogens is 200 g/mol. The minimum atomic E-state index is -2.86. The molecule has 4 heteroatoms. The van der Waals surface area contributed by atoms with Gasteiger partial charge < -0.3 is 0 Å². The Kier molecular flexibility index (Phi) is 6.00. The molecule has 84 valence electrons. The number of rotatable bonds is 7. The van der Waals surface area contributed by atoms with Gasteiger partial charge in [0.15, 0.2) is 0 Å². The normalized spacial score (nSPS) is 12.0. The molecule has 0 amide bonds. The smallest absolute Gasteiger partial charge is 0.147 e. The lowest BCUT2D eigenvalue weighted by Crippen LogP contribution is -2.06. The van der Waals surface area contributed by atoms with Crippen LogP contribution in [0, 0.1) is 5.92 Å². The summed E-state index contributed by atoms with van der Waals surface area (Å²) < 4.78 is 21.5. The minimum Gasteiger partial charge on any atom is -0.300 e. The molecule has 14 heavy (non-hydrogen) atoms. The fraction of sp³-hybridized carbons (Fsp3) is 0.900. The van der Waals surface area contributed by atoms with Crippen LogP contribution in [-0.4, -0.2) is 26.2 Å². The van der Waals surface area contributed by atoms with E-state index in [1.807, 2.05) is 13.8 Å². The van der Waals surface area contributed by atoms with Gasteiger partial charge in [-0.1, -0.05) is 13.8 Å². The van der Waals surface area contributed by atoms with Gasteiger partial charge in [-0.25, -0.2) is 8.42 Å². The van der Waals surface area contributed by atoms with E-state index in [0.717, 1.165) is 0 Å². The summed E-state index contributed by atoms with van der Waals surface area (Å²) in [7, 11) is -2.86. The fourth-order valence-corrected chi connectivity index (χ4v) is 1.97. The SMILES string of the molecule is CC(C)CC(=O)CCCCS(C)(=O)=O. The molecule has 0 atom stereocenters. The molecule has 0 unspecified atom stereocenters. The highest BCUT2D eigenvalue weighted by atomic mass is 32.2. The van der Waals surface area contributed by atoms with Crippen LogP contribution in [0.5, 0.6) is 0 Å². The van der Waals surface area contributed by atoms with Gasteiger partial charge in [0.25, 0.3) is 0 Å². The number of ketones is 1. The van der Waals surface area contributed by atoms with Gasteiger partial charge in [0.05, 0.1) is 0 Å². The maximum atomic E-state index is 11.2. The zero-order chi connectivity index (χ0) is 11.2. The summed E-state index contributed by atoms with van der Waals surface area (Å²) in [5.41, 5.74) is 0. The number of sulfone groups is 1. The molecule has 0 N–H and O–H groups in total. The van der Waals surface area contributed by atoms with E-state index in [0.29, 0.717) is 31.6 Å². The van der Waals surface area contributed by atoms with Gasteiger partial charge in [0.1, 0.15) is 15.6 Å². The van der Waals surface area contributed by atoms with Crippen LogP contribution in [-0.2, 0) is 14.6 Å². The predicted octanol–water partition coefficient (Wildman–Crippen LogP) is 1.82. The first-order valence-electron chi connectivity index (χ1n) is 5.00. The summed E-state index contributed by atoms with van der Waals surface area (Å²) >= 11 is 0. The van der Waals surface area contributed by atoms with E-state index < -0.39 is 9.84 Å². The first-order valence-corrected chi connectivity index (χ1v) is 7.06. The number of carbonyl (C=O) groups is 1. The summed E-state index contributed by atoms with van der Waals surface area (Å²) in [5.74, 6) is 0.841. The Balaban J connectivity index is 3.51. The predicted molar refractivity (Wildman–Crippen MR) is 58.0 cm³/mol. The lowest BCUT2D eigenvalue weighted by Gasteiger charge is -2.03. The van der Waals surface area contributed by atoms with Crippen LogP contribution in [0.3, 0.4) is 0 Å². The molecule has 0 saturated carbocycles. The van der Waals surface area contributed by atoms with Crippen molar-refractivity contribution in [2.75, 3.05) is 12.0 Å². The quantitative estimate of drug-likeness (QED) is 0.615. The van der Waals surface area contributed by atoms with E-state index >= 15 is 0 Å². The third-order valence-corrected chi connectivity index (χ3v) is 2.89. The Hall–Kier alpha value is -0.380. The second-order valence-electron chi connectivity index (χ2n) is 4.22. The molecular formula is C10H20O3S. The third kappa shape index (κ3) is 9.71. The van der Waals surface area contributed by atoms with E-state index in [2.05, 4.69) is 0 Å². The molecule has 0 aliphatic carbocycles. The van der Waals surface area contributed by atoms with Crippen LogP contribution in [0.4, 0.5) is 0 Å². The average Bonchev–Trinajstić information content (AvgIpc) is 1.95. The molecule has 0 heterocycles. The van der Waals surface area contributed by atoms with Gasteiger partial charge in [-0.2, -0.15) is 0 Å². The van der Waals surface area contributed by atoms with Crippen molar-refractivity contribution in [3.8, 4) is 0 Å². The lowest BCUT2D eigenvalue weighted by atomic mass is 10.0. The Morgan fingerprint density at radius 2 is 1.79 bits per heavy atom. The van der Waals surface area contributed by atoms with Gasteiger partial charge in [-0.3, -0.25) is 4.79 Å². The van der Waals surface area contributed by atoms with Gasteiger partial charge in [-0.15, -0.1) is 0 Å². The zero-order valence-corrected chi connectivity index (χ0v) is 10.1. The van der Waals surface area contributed by atoms with Crippen LogP contribution >= 0.6 is 0 Å². The van der Waals surface area contributed by atoms with Crippen LogP contribution in [0.1, 0.15) is 39.5 Å². The van der Waals surface area contributed by atoms with Gasteiger partial charge in [0, 0.05) is 24.9 Å². The van der Waals surface area contributed by atoms with Crippen LogP contribution in [0.15, 0.2) is 0 Å². The van der Waals surface area contributed by atoms with E-state index in [-0.39, 0.29) is 11.5 Å². The Labute approximate surface area is 86.8 Å². The molecule has 0 radical (unpaired) electrons. The molecule has 3 nitrogen and oxygen atoms in total. The van der Waals surface area contributed by atoms with Crippen molar-refractivity contribution < 1.29 is 13.2 Å². The van der Waals surface area contributed by atoms with E-state index in [4.69, 9.17) is 0 Å². The molecule has 0 saturated heterocycles. The van der Waals surface area contributed by atoms with E-state index in [1.165, 1.54) is 6.26 Å². The van der Waals surface area contributed by atoms with E-state index in [1.54, 1.807) is 0 Å². The minimum absolute atomic E-state index is 0.196. The van der Waals surface area contributed by atoms with E-state index in [9.17, 15) is 13.2 Å². The van der Waals surface area contributed by atoms with Gasteiger partial charge >= 0.3 is 0 Å². The highest BCUT2D eigenvalue weighted by Gasteiger charge is 2.06. The second kappa shape index (κ2) is 6.17. The summed E-state index contributed by atoms with van der Waals surface area (Å²) in [6.45, 7) is 4.02. The molecule has 0 aromatic carbocycles. The molecule has 0 rings (SSSR count). The topological polar surface area (TPSA) is 51.2 Å². The van der Waals surface area contributed by atoms with Crippen LogP contribution in [0.2, 0.25) is 0 Å². The third-order valence-electron chi connectivity index (χ3n) is 1.86. The maximum Gasteiger partial charge on any atom is 0.147 e. The summed E-state index contributed by atoms with van der Waals surface area (Å²) in [5, 5.41) is 0. The summed E-state index contributed by atoms with van der Waals surface area (Å²) in [6.07, 6.45) is 3.65. The molecule has 0 aromatic heterocycles. The monoisotopic (exact) mass is 220 g/mol. The first kappa shape index (κ1) is 13.6. The number of hydrogen-bond donors (Lipinski definition) is 0. The molecule has 0 spiro atoms. The maximum absolute atomic E-state index is 11.2. The number of hydrogen-bond acceptors (Lipinski definition) is 3.